The Hall–Kier alpha value is -4.09. The molecule has 0 aromatic heterocycles. The number of carbonyl (C=O) groups excluding carboxylic acids is 2. The van der Waals surface area contributed by atoms with Crippen molar-refractivity contribution in [3.05, 3.63) is 69.8 Å². The minimum absolute atomic E-state index is 0.0101. The number of benzene rings is 1. The van der Waals surface area contributed by atoms with Crippen molar-refractivity contribution < 1.29 is 14.3 Å². The average molecular weight is 417 g/mol. The van der Waals surface area contributed by atoms with Gasteiger partial charge in [-0.3, -0.25) is 9.59 Å². The molecule has 0 aliphatic carbocycles. The van der Waals surface area contributed by atoms with Crippen LogP contribution in [0.4, 0.5) is 5.69 Å². The molecule has 0 fully saturated rings. The summed E-state index contributed by atoms with van der Waals surface area (Å²) in [6.07, 6.45) is 0.732. The summed E-state index contributed by atoms with van der Waals surface area (Å²) >= 11 is 0. The number of hydrogen-bond donors (Lipinski definition) is 1. The normalized spacial score (nSPS) is 13.5. The van der Waals surface area contributed by atoms with Gasteiger partial charge in [0, 0.05) is 12.2 Å². The molecule has 31 heavy (non-hydrogen) atoms. The Morgan fingerprint density at radius 1 is 1.26 bits per heavy atom. The molecule has 1 aliphatic rings. The summed E-state index contributed by atoms with van der Waals surface area (Å²) in [5, 5.41) is 12.0. The molecule has 1 aromatic carbocycles. The van der Waals surface area contributed by atoms with Crippen LogP contribution in [0.5, 0.6) is 0 Å². The number of nitriles is 1. The third kappa shape index (κ3) is 5.10. The molecule has 1 aliphatic heterocycles. The molecule has 1 heterocycles. The smallest absolute Gasteiger partial charge is 0.464 e. The number of rotatable bonds is 8. The maximum Gasteiger partial charge on any atom is 0.544 e. The van der Waals surface area contributed by atoms with Gasteiger partial charge in [-0.2, -0.15) is 15.0 Å². The van der Waals surface area contributed by atoms with Crippen LogP contribution in [-0.4, -0.2) is 31.6 Å². The van der Waals surface area contributed by atoms with Gasteiger partial charge in [0.25, 0.3) is 5.91 Å². The number of allylic oxidation sites excluding steroid dienone is 1. The Balaban J connectivity index is 2.23. The quantitative estimate of drug-likeness (QED) is 0.516. The molecule has 1 atom stereocenters. The zero-order valence-corrected chi connectivity index (χ0v) is 17.7. The molecule has 1 N–H and O–H groups in total. The Morgan fingerprint density at radius 2 is 1.90 bits per heavy atom. The average Bonchev–Trinajstić information content (AvgIpc) is 3.12. The van der Waals surface area contributed by atoms with Crippen molar-refractivity contribution in [3.8, 4) is 6.07 Å². The number of amides is 1. The number of carbonyl (C=O) groups is 2. The highest BCUT2D eigenvalue weighted by molar-refractivity contribution is 6.25. The zero-order chi connectivity index (χ0) is 23.0. The topological polar surface area (TPSA) is 91.2 Å². The lowest BCUT2D eigenvalue weighted by Gasteiger charge is -2.23. The maximum absolute atomic E-state index is 12.4. The molecule has 8 nitrogen and oxygen atoms in total. The van der Waals surface area contributed by atoms with Gasteiger partial charge < -0.3 is 15.0 Å². The van der Waals surface area contributed by atoms with Gasteiger partial charge in [0.15, 0.2) is 5.70 Å². The van der Waals surface area contributed by atoms with Crippen molar-refractivity contribution in [3.63, 3.8) is 0 Å². The van der Waals surface area contributed by atoms with Gasteiger partial charge in [0.2, 0.25) is 0 Å². The molecule has 0 saturated heterocycles. The molecule has 0 saturated carbocycles. The second-order valence-electron chi connectivity index (χ2n) is 6.84. The van der Waals surface area contributed by atoms with Crippen LogP contribution in [0, 0.1) is 30.4 Å². The number of nitrogens with one attached hydrogen (secondary N) is 1. The van der Waals surface area contributed by atoms with E-state index in [9.17, 15) is 14.9 Å². The van der Waals surface area contributed by atoms with E-state index in [0.29, 0.717) is 18.7 Å². The van der Waals surface area contributed by atoms with E-state index in [1.807, 2.05) is 43.9 Å². The lowest BCUT2D eigenvalue weighted by atomic mass is 10.0. The Kier molecular flexibility index (Phi) is 7.94. The molecular weight excluding hydrogens is 394 g/mol. The SMILES string of the molecule is [C-]#[N+]C([N+]#[C-])=C1NC(=O)C(c2ccc(N(CC)CCOC(=O)C(C)CC)cc2)=C1C#N. The molecule has 2 rings (SSSR count). The van der Waals surface area contributed by atoms with Crippen LogP contribution in [0.15, 0.2) is 41.4 Å². The van der Waals surface area contributed by atoms with Gasteiger partial charge in [0.1, 0.15) is 25.8 Å². The van der Waals surface area contributed by atoms with Crippen LogP contribution >= 0.6 is 0 Å². The minimum atomic E-state index is -0.520. The number of ether oxygens (including phenoxy) is 1. The van der Waals surface area contributed by atoms with Gasteiger partial charge in [-0.1, -0.05) is 26.0 Å². The maximum atomic E-state index is 12.4. The lowest BCUT2D eigenvalue weighted by molar-refractivity contribution is -0.147. The molecule has 1 amide bonds. The monoisotopic (exact) mass is 417 g/mol. The van der Waals surface area contributed by atoms with Crippen molar-refractivity contribution in [2.45, 2.75) is 27.2 Å². The van der Waals surface area contributed by atoms with E-state index >= 15 is 0 Å². The summed E-state index contributed by atoms with van der Waals surface area (Å²) in [6, 6.07) is 9.00. The third-order valence-electron chi connectivity index (χ3n) is 5.04. The van der Waals surface area contributed by atoms with E-state index < -0.39 is 5.91 Å². The highest BCUT2D eigenvalue weighted by Crippen LogP contribution is 2.32. The third-order valence-corrected chi connectivity index (χ3v) is 5.04. The fourth-order valence-corrected chi connectivity index (χ4v) is 3.04. The lowest BCUT2D eigenvalue weighted by Crippen LogP contribution is -2.28. The first kappa shape index (κ1) is 23.2. The van der Waals surface area contributed by atoms with Gasteiger partial charge in [-0.25, -0.2) is 0 Å². The van der Waals surface area contributed by atoms with Crippen molar-refractivity contribution in [2.75, 3.05) is 24.6 Å². The van der Waals surface area contributed by atoms with Crippen LogP contribution in [-0.2, 0) is 14.3 Å². The summed E-state index contributed by atoms with van der Waals surface area (Å²) < 4.78 is 5.32. The summed E-state index contributed by atoms with van der Waals surface area (Å²) in [7, 11) is 0. The molecule has 8 heteroatoms. The van der Waals surface area contributed by atoms with Gasteiger partial charge in [0.05, 0.1) is 23.6 Å². The predicted molar refractivity (Wildman–Crippen MR) is 116 cm³/mol. The zero-order valence-electron chi connectivity index (χ0n) is 17.7. The van der Waals surface area contributed by atoms with Crippen molar-refractivity contribution >= 4 is 23.1 Å². The first-order valence-corrected chi connectivity index (χ1v) is 9.88. The standard InChI is InChI=1S/C23H23N5O3/c1-6-15(3)23(30)31-13-12-28(7-2)17-10-8-16(9-11-17)19-18(14-24)20(27-22(19)29)21(25-4)26-5/h8-11,15H,6-7,12-13H2,1-3H3,(H,27,29). The van der Waals surface area contributed by atoms with Crippen molar-refractivity contribution in [2.24, 2.45) is 5.92 Å². The van der Waals surface area contributed by atoms with E-state index in [1.54, 1.807) is 12.1 Å². The number of likely N-dealkylation sites (N-methyl/N-ethyl adjacent to an activating group) is 1. The second-order valence-corrected chi connectivity index (χ2v) is 6.84. The predicted octanol–water partition coefficient (Wildman–Crippen LogP) is 3.52. The first-order chi connectivity index (χ1) is 14.9. The highest BCUT2D eigenvalue weighted by Gasteiger charge is 2.34. The van der Waals surface area contributed by atoms with Crippen LogP contribution in [0.1, 0.15) is 32.8 Å². The van der Waals surface area contributed by atoms with E-state index in [2.05, 4.69) is 15.0 Å². The molecule has 0 spiro atoms. The largest absolute Gasteiger partial charge is 0.544 e. The number of esters is 1. The van der Waals surface area contributed by atoms with Crippen LogP contribution in [0.25, 0.3) is 15.3 Å². The Bertz CT molecular complexity index is 1030. The van der Waals surface area contributed by atoms with Crippen molar-refractivity contribution in [1.29, 1.82) is 5.26 Å². The van der Waals surface area contributed by atoms with Gasteiger partial charge in [-0.05, 0) is 31.0 Å². The molecule has 1 unspecified atom stereocenters. The number of hydrogen-bond acceptors (Lipinski definition) is 5. The van der Waals surface area contributed by atoms with E-state index in [4.69, 9.17) is 17.9 Å². The molecule has 0 bridgehead atoms. The van der Waals surface area contributed by atoms with E-state index in [1.165, 1.54) is 0 Å². The summed E-state index contributed by atoms with van der Waals surface area (Å²) in [4.78, 5) is 32.5. The van der Waals surface area contributed by atoms with Crippen molar-refractivity contribution in [1.82, 2.24) is 5.32 Å². The first-order valence-electron chi connectivity index (χ1n) is 9.88. The number of anilines is 1. The fourth-order valence-electron chi connectivity index (χ4n) is 3.04. The van der Waals surface area contributed by atoms with Gasteiger partial charge >= 0.3 is 11.8 Å². The second kappa shape index (κ2) is 10.6. The Labute approximate surface area is 182 Å². The minimum Gasteiger partial charge on any atom is -0.464 e. The summed E-state index contributed by atoms with van der Waals surface area (Å²) in [5.74, 6) is -1.20. The molecule has 158 valence electrons. The summed E-state index contributed by atoms with van der Waals surface area (Å²) in [5.41, 5.74) is 1.47. The van der Waals surface area contributed by atoms with Crippen LogP contribution in [0.2, 0.25) is 0 Å². The highest BCUT2D eigenvalue weighted by atomic mass is 16.5. The Morgan fingerprint density at radius 3 is 2.42 bits per heavy atom. The van der Waals surface area contributed by atoms with E-state index in [-0.39, 0.29) is 41.2 Å². The molecular formula is C23H23N5O3. The van der Waals surface area contributed by atoms with Crippen LogP contribution < -0.4 is 10.2 Å². The van der Waals surface area contributed by atoms with Crippen LogP contribution in [0.3, 0.4) is 0 Å². The van der Waals surface area contributed by atoms with E-state index in [0.717, 1.165) is 12.1 Å². The fraction of sp³-hybridized carbons (Fsp3) is 0.348. The number of nitrogens with zero attached hydrogens (tertiary/aromatic N) is 4. The molecule has 0 radical (unpaired) electrons. The molecule has 1 aromatic rings. The van der Waals surface area contributed by atoms with Gasteiger partial charge in [-0.15, -0.1) is 0 Å². The summed E-state index contributed by atoms with van der Waals surface area (Å²) in [6.45, 7) is 21.4.